The number of aryl methyl sites for hydroxylation is 1. The van der Waals surface area contributed by atoms with Crippen LogP contribution in [0.1, 0.15) is 11.1 Å². The topological polar surface area (TPSA) is 77.4 Å². The number of hydrogen-bond acceptors (Lipinski definition) is 6. The van der Waals surface area contributed by atoms with Gasteiger partial charge >= 0.3 is 0 Å². The van der Waals surface area contributed by atoms with Crippen LogP contribution in [0.25, 0.3) is 0 Å². The lowest BCUT2D eigenvalue weighted by molar-refractivity contribution is -0.122. The third-order valence-electron chi connectivity index (χ3n) is 4.71. The molecular formula is C21H26N4O3. The number of carbonyl (C=O) groups excluding carboxylic acids is 1. The summed E-state index contributed by atoms with van der Waals surface area (Å²) in [6, 6.07) is 13.4. The molecule has 1 fully saturated rings. The van der Waals surface area contributed by atoms with E-state index in [4.69, 9.17) is 4.74 Å². The highest BCUT2D eigenvalue weighted by Crippen LogP contribution is 2.25. The fourth-order valence-corrected chi connectivity index (χ4v) is 3.19. The Balaban J connectivity index is 1.44. The zero-order valence-electron chi connectivity index (χ0n) is 16.3. The van der Waals surface area contributed by atoms with Gasteiger partial charge in [-0.3, -0.25) is 9.69 Å². The summed E-state index contributed by atoms with van der Waals surface area (Å²) >= 11 is 0. The Hall–Kier alpha value is -3.06. The zero-order chi connectivity index (χ0) is 19.9. The molecule has 0 radical (unpaired) electrons. The number of nitrogens with zero attached hydrogens (tertiary/aromatic N) is 3. The molecule has 1 saturated heterocycles. The molecule has 2 aromatic rings. The minimum atomic E-state index is -0.155. The van der Waals surface area contributed by atoms with E-state index in [1.54, 1.807) is 12.1 Å². The van der Waals surface area contributed by atoms with Gasteiger partial charge in [0.2, 0.25) is 0 Å². The van der Waals surface area contributed by atoms with Crippen LogP contribution in [0.3, 0.4) is 0 Å². The zero-order valence-corrected chi connectivity index (χ0v) is 16.3. The number of amides is 1. The maximum absolute atomic E-state index is 12.1. The highest BCUT2D eigenvalue weighted by Gasteiger charge is 2.19. The first-order valence-electron chi connectivity index (χ1n) is 9.28. The van der Waals surface area contributed by atoms with Crippen molar-refractivity contribution in [3.05, 3.63) is 53.6 Å². The number of ether oxygens (including phenoxy) is 1. The van der Waals surface area contributed by atoms with Crippen molar-refractivity contribution in [3.8, 4) is 11.5 Å². The highest BCUT2D eigenvalue weighted by atomic mass is 16.5. The third-order valence-corrected chi connectivity index (χ3v) is 4.71. The monoisotopic (exact) mass is 382 g/mol. The first-order chi connectivity index (χ1) is 13.5. The van der Waals surface area contributed by atoms with Crippen LogP contribution in [0.4, 0.5) is 5.69 Å². The maximum atomic E-state index is 12.1. The average Bonchev–Trinajstić information content (AvgIpc) is 2.69. The molecule has 0 unspecified atom stereocenters. The number of rotatable bonds is 6. The molecule has 3 rings (SSSR count). The van der Waals surface area contributed by atoms with E-state index in [0.717, 1.165) is 26.2 Å². The van der Waals surface area contributed by atoms with E-state index in [-0.39, 0.29) is 11.7 Å². The number of phenols is 1. The molecule has 7 nitrogen and oxygen atoms in total. The number of methoxy groups -OCH3 is 1. The molecule has 2 aromatic carbocycles. The summed E-state index contributed by atoms with van der Waals surface area (Å²) < 4.78 is 5.00. The smallest absolute Gasteiger partial charge is 0.254 e. The number of piperazine rings is 1. The minimum Gasteiger partial charge on any atom is -0.504 e. The van der Waals surface area contributed by atoms with E-state index < -0.39 is 0 Å². The van der Waals surface area contributed by atoms with Gasteiger partial charge in [0.25, 0.3) is 5.91 Å². The maximum Gasteiger partial charge on any atom is 0.254 e. The van der Waals surface area contributed by atoms with Gasteiger partial charge in [0, 0.05) is 31.9 Å². The summed E-state index contributed by atoms with van der Waals surface area (Å²) in [6.07, 6.45) is 1.49. The molecule has 1 amide bonds. The third kappa shape index (κ3) is 5.23. The molecule has 1 aliphatic rings. The van der Waals surface area contributed by atoms with Crippen LogP contribution in [0.2, 0.25) is 0 Å². The largest absolute Gasteiger partial charge is 0.504 e. The van der Waals surface area contributed by atoms with Gasteiger partial charge in [-0.2, -0.15) is 5.10 Å². The molecule has 1 heterocycles. The van der Waals surface area contributed by atoms with Crippen LogP contribution in [-0.2, 0) is 4.79 Å². The van der Waals surface area contributed by atoms with E-state index in [1.165, 1.54) is 30.6 Å². The van der Waals surface area contributed by atoms with Crippen LogP contribution < -0.4 is 15.1 Å². The summed E-state index contributed by atoms with van der Waals surface area (Å²) in [5.41, 5.74) is 5.70. The Kier molecular flexibility index (Phi) is 6.49. The number of phenolic OH excluding ortho intramolecular Hbond substituents is 1. The second kappa shape index (κ2) is 9.23. The molecule has 2 N–H and O–H groups in total. The predicted octanol–water partition coefficient (Wildman–Crippen LogP) is 1.98. The van der Waals surface area contributed by atoms with Crippen LogP contribution in [0, 0.1) is 6.92 Å². The summed E-state index contributed by atoms with van der Waals surface area (Å²) in [5, 5.41) is 13.7. The summed E-state index contributed by atoms with van der Waals surface area (Å²) in [6.45, 7) is 5.86. The Morgan fingerprint density at radius 3 is 2.68 bits per heavy atom. The first-order valence-corrected chi connectivity index (χ1v) is 9.28. The van der Waals surface area contributed by atoms with E-state index in [9.17, 15) is 9.90 Å². The van der Waals surface area contributed by atoms with Gasteiger partial charge in [-0.15, -0.1) is 0 Å². The highest BCUT2D eigenvalue weighted by molar-refractivity contribution is 5.83. The molecule has 0 aromatic heterocycles. The van der Waals surface area contributed by atoms with Gasteiger partial charge in [-0.25, -0.2) is 5.43 Å². The quantitative estimate of drug-likeness (QED) is 0.590. The fraction of sp³-hybridized carbons (Fsp3) is 0.333. The first kappa shape index (κ1) is 19.7. The molecule has 1 aliphatic heterocycles. The van der Waals surface area contributed by atoms with Crippen molar-refractivity contribution >= 4 is 17.8 Å². The average molecular weight is 382 g/mol. The number of anilines is 1. The van der Waals surface area contributed by atoms with Gasteiger partial charge in [-0.1, -0.05) is 12.1 Å². The number of hydrogen-bond donors (Lipinski definition) is 2. The lowest BCUT2D eigenvalue weighted by Crippen LogP contribution is -2.49. The van der Waals surface area contributed by atoms with Crippen molar-refractivity contribution in [2.24, 2.45) is 5.10 Å². The van der Waals surface area contributed by atoms with Gasteiger partial charge in [0.1, 0.15) is 0 Å². The number of benzene rings is 2. The van der Waals surface area contributed by atoms with Crippen molar-refractivity contribution < 1.29 is 14.6 Å². The number of hydrazone groups is 1. The Morgan fingerprint density at radius 1 is 1.21 bits per heavy atom. The number of aromatic hydroxyl groups is 1. The minimum absolute atomic E-state index is 0.0317. The van der Waals surface area contributed by atoms with Crippen molar-refractivity contribution in [1.82, 2.24) is 10.3 Å². The molecule has 0 saturated carbocycles. The summed E-state index contributed by atoms with van der Waals surface area (Å²) in [5.74, 6) is 0.272. The molecule has 0 atom stereocenters. The number of carbonyl (C=O) groups is 1. The van der Waals surface area contributed by atoms with Gasteiger partial charge in [0.15, 0.2) is 11.5 Å². The van der Waals surface area contributed by atoms with Crippen molar-refractivity contribution in [2.75, 3.05) is 44.7 Å². The van der Waals surface area contributed by atoms with Crippen LogP contribution in [0.15, 0.2) is 47.6 Å². The van der Waals surface area contributed by atoms with Gasteiger partial charge in [0.05, 0.1) is 19.9 Å². The molecule has 28 heavy (non-hydrogen) atoms. The van der Waals surface area contributed by atoms with Crippen molar-refractivity contribution in [2.45, 2.75) is 6.92 Å². The lowest BCUT2D eigenvalue weighted by Gasteiger charge is -2.35. The van der Waals surface area contributed by atoms with Crippen LogP contribution in [-0.4, -0.2) is 62.0 Å². The fourth-order valence-electron chi connectivity index (χ4n) is 3.19. The summed E-state index contributed by atoms with van der Waals surface area (Å²) in [4.78, 5) is 16.6. The standard InChI is InChI=1S/C21H26N4O3/c1-16-4-3-5-18(12-16)25-10-8-24(9-11-25)15-21(27)23-22-14-17-6-7-20(28-2)19(26)13-17/h3-7,12-14,26H,8-11,15H2,1-2H3,(H,23,27)/b22-14+. The summed E-state index contributed by atoms with van der Waals surface area (Å²) in [7, 11) is 1.49. The van der Waals surface area contributed by atoms with E-state index >= 15 is 0 Å². The normalized spacial score (nSPS) is 15.0. The van der Waals surface area contributed by atoms with Crippen molar-refractivity contribution in [3.63, 3.8) is 0 Å². The van der Waals surface area contributed by atoms with Crippen LogP contribution in [0.5, 0.6) is 11.5 Å². The van der Waals surface area contributed by atoms with E-state index in [1.807, 2.05) is 0 Å². The number of nitrogens with one attached hydrogen (secondary N) is 1. The Morgan fingerprint density at radius 2 is 2.00 bits per heavy atom. The Labute approximate surface area is 165 Å². The molecule has 7 heteroatoms. The van der Waals surface area contributed by atoms with Gasteiger partial charge in [-0.05, 0) is 48.4 Å². The SMILES string of the molecule is COc1ccc(/C=N/NC(=O)CN2CCN(c3cccc(C)c3)CC2)cc1O. The second-order valence-electron chi connectivity index (χ2n) is 6.83. The second-order valence-corrected chi connectivity index (χ2v) is 6.83. The molecule has 0 bridgehead atoms. The molecule has 0 aliphatic carbocycles. The van der Waals surface area contributed by atoms with Gasteiger partial charge < -0.3 is 14.7 Å². The molecule has 0 spiro atoms. The van der Waals surface area contributed by atoms with Crippen LogP contribution >= 0.6 is 0 Å². The Bertz CT molecular complexity index is 845. The molecular weight excluding hydrogens is 356 g/mol. The predicted molar refractivity (Wildman–Crippen MR) is 110 cm³/mol. The van der Waals surface area contributed by atoms with Crippen molar-refractivity contribution in [1.29, 1.82) is 0 Å². The van der Waals surface area contributed by atoms with E-state index in [2.05, 4.69) is 51.5 Å². The molecule has 148 valence electrons. The lowest BCUT2D eigenvalue weighted by atomic mass is 10.2. The van der Waals surface area contributed by atoms with E-state index in [0.29, 0.717) is 17.9 Å².